The van der Waals surface area contributed by atoms with Crippen LogP contribution in [0.4, 0.5) is 9.52 Å². The molecule has 0 unspecified atom stereocenters. The molecule has 1 aliphatic heterocycles. The van der Waals surface area contributed by atoms with Gasteiger partial charge in [-0.1, -0.05) is 29.5 Å². The number of thioether (sulfide) groups is 1. The molecule has 0 radical (unpaired) electrons. The summed E-state index contributed by atoms with van der Waals surface area (Å²) in [4.78, 5) is 19.8. The van der Waals surface area contributed by atoms with Crippen molar-refractivity contribution in [3.63, 3.8) is 0 Å². The summed E-state index contributed by atoms with van der Waals surface area (Å²) < 4.78 is 19.6. The van der Waals surface area contributed by atoms with Crippen molar-refractivity contribution in [3.05, 3.63) is 54.3 Å². The van der Waals surface area contributed by atoms with E-state index in [1.54, 1.807) is 17.8 Å². The lowest BCUT2D eigenvalue weighted by atomic mass is 10.2. The molecular formula is C20H19FN2O2S2. The first kappa shape index (κ1) is 18.3. The molecule has 140 valence electrons. The normalized spacial score (nSPS) is 14.3. The van der Waals surface area contributed by atoms with Crippen LogP contribution in [0.1, 0.15) is 12.8 Å². The van der Waals surface area contributed by atoms with Crippen LogP contribution in [-0.2, 0) is 9.53 Å². The molecule has 7 heteroatoms. The summed E-state index contributed by atoms with van der Waals surface area (Å²) in [6.07, 6.45) is 1.16. The molecule has 27 heavy (non-hydrogen) atoms. The summed E-state index contributed by atoms with van der Waals surface area (Å²) in [5.41, 5.74) is 0.799. The molecule has 0 spiro atoms. The number of halogens is 1. The van der Waals surface area contributed by atoms with E-state index in [2.05, 4.69) is 22.0 Å². The van der Waals surface area contributed by atoms with E-state index >= 15 is 0 Å². The van der Waals surface area contributed by atoms with Gasteiger partial charge in [0, 0.05) is 11.3 Å². The van der Waals surface area contributed by atoms with Gasteiger partial charge in [0.15, 0.2) is 5.13 Å². The summed E-state index contributed by atoms with van der Waals surface area (Å²) in [6, 6.07) is 14.8. The van der Waals surface area contributed by atoms with Crippen molar-refractivity contribution in [2.24, 2.45) is 0 Å². The highest BCUT2D eigenvalue weighted by Gasteiger charge is 2.31. The highest BCUT2D eigenvalue weighted by atomic mass is 32.2. The SMILES string of the molecule is O=C(CCCSc1ccccc1)OC1CN(c2nc3ccc(F)cc3s2)C1. The topological polar surface area (TPSA) is 42.4 Å². The second-order valence-electron chi connectivity index (χ2n) is 6.39. The Kier molecular flexibility index (Phi) is 5.59. The molecule has 3 aromatic rings. The average Bonchev–Trinajstić information content (AvgIpc) is 3.04. The number of esters is 1. The van der Waals surface area contributed by atoms with E-state index in [1.165, 1.54) is 28.4 Å². The second kappa shape index (κ2) is 8.27. The van der Waals surface area contributed by atoms with Crippen LogP contribution in [0.15, 0.2) is 53.4 Å². The highest BCUT2D eigenvalue weighted by molar-refractivity contribution is 7.99. The molecule has 4 nitrogen and oxygen atoms in total. The molecule has 1 fully saturated rings. The van der Waals surface area contributed by atoms with Crippen molar-refractivity contribution >= 4 is 44.4 Å². The fourth-order valence-corrected chi connectivity index (χ4v) is 4.74. The zero-order chi connectivity index (χ0) is 18.6. The van der Waals surface area contributed by atoms with Gasteiger partial charge < -0.3 is 9.64 Å². The Hall–Kier alpha value is -2.12. The zero-order valence-corrected chi connectivity index (χ0v) is 16.3. The average molecular weight is 403 g/mol. The van der Waals surface area contributed by atoms with Crippen LogP contribution >= 0.6 is 23.1 Å². The Balaban J connectivity index is 1.17. The maximum absolute atomic E-state index is 13.3. The third kappa shape index (κ3) is 4.59. The second-order valence-corrected chi connectivity index (χ2v) is 8.57. The standard InChI is InChI=1S/C20H19FN2O2S2/c21-14-8-9-17-18(11-14)27-20(22-17)23-12-15(13-23)25-19(24)7-4-10-26-16-5-2-1-3-6-16/h1-3,5-6,8-9,11,15H,4,7,10,12-13H2. The third-order valence-electron chi connectivity index (χ3n) is 4.29. The summed E-state index contributed by atoms with van der Waals surface area (Å²) in [6.45, 7) is 1.29. The largest absolute Gasteiger partial charge is 0.459 e. The van der Waals surface area contributed by atoms with E-state index in [-0.39, 0.29) is 17.9 Å². The predicted octanol–water partition coefficient (Wildman–Crippen LogP) is 4.74. The number of hydrogen-bond donors (Lipinski definition) is 0. The van der Waals surface area contributed by atoms with Crippen molar-refractivity contribution in [1.29, 1.82) is 0 Å². The lowest BCUT2D eigenvalue weighted by Crippen LogP contribution is -2.53. The van der Waals surface area contributed by atoms with Gasteiger partial charge in [-0.2, -0.15) is 0 Å². The molecule has 0 bridgehead atoms. The van der Waals surface area contributed by atoms with Crippen molar-refractivity contribution in [1.82, 2.24) is 4.98 Å². The number of nitrogens with zero attached hydrogens (tertiary/aromatic N) is 2. The molecule has 0 saturated carbocycles. The molecule has 2 heterocycles. The quantitative estimate of drug-likeness (QED) is 0.324. The molecule has 1 aliphatic rings. The number of rotatable bonds is 7. The van der Waals surface area contributed by atoms with Crippen molar-refractivity contribution in [3.8, 4) is 0 Å². The van der Waals surface area contributed by atoms with Crippen molar-refractivity contribution < 1.29 is 13.9 Å². The first-order valence-electron chi connectivity index (χ1n) is 8.86. The lowest BCUT2D eigenvalue weighted by Gasteiger charge is -2.38. The monoisotopic (exact) mass is 402 g/mol. The number of ether oxygens (including phenoxy) is 1. The van der Waals surface area contributed by atoms with Crippen LogP contribution in [-0.4, -0.2) is 35.9 Å². The summed E-state index contributed by atoms with van der Waals surface area (Å²) in [5, 5.41) is 0.849. The van der Waals surface area contributed by atoms with Gasteiger partial charge in [-0.15, -0.1) is 11.8 Å². The first-order valence-corrected chi connectivity index (χ1v) is 10.7. The number of hydrogen-bond acceptors (Lipinski definition) is 6. The maximum Gasteiger partial charge on any atom is 0.306 e. The number of fused-ring (bicyclic) bond motifs is 1. The van der Waals surface area contributed by atoms with Gasteiger partial charge in [-0.05, 0) is 42.5 Å². The smallest absolute Gasteiger partial charge is 0.306 e. The fourth-order valence-electron chi connectivity index (χ4n) is 2.86. The molecule has 0 amide bonds. The number of thiazole rings is 1. The molecule has 1 aromatic heterocycles. The van der Waals surface area contributed by atoms with Gasteiger partial charge >= 0.3 is 5.97 Å². The first-order chi connectivity index (χ1) is 13.2. The highest BCUT2D eigenvalue weighted by Crippen LogP contribution is 2.32. The Bertz CT molecular complexity index is 926. The molecule has 2 aromatic carbocycles. The van der Waals surface area contributed by atoms with Crippen LogP contribution in [0.2, 0.25) is 0 Å². The third-order valence-corrected chi connectivity index (χ3v) is 6.47. The van der Waals surface area contributed by atoms with Crippen LogP contribution in [0.25, 0.3) is 10.2 Å². The van der Waals surface area contributed by atoms with Gasteiger partial charge in [-0.25, -0.2) is 9.37 Å². The van der Waals surface area contributed by atoms with E-state index < -0.39 is 0 Å². The van der Waals surface area contributed by atoms with Gasteiger partial charge in [0.25, 0.3) is 0 Å². The Morgan fingerprint density at radius 2 is 2.07 bits per heavy atom. The Morgan fingerprint density at radius 1 is 1.26 bits per heavy atom. The van der Waals surface area contributed by atoms with Gasteiger partial charge in [0.2, 0.25) is 0 Å². The van der Waals surface area contributed by atoms with E-state index in [1.807, 2.05) is 18.2 Å². The summed E-state index contributed by atoms with van der Waals surface area (Å²) in [7, 11) is 0. The molecule has 1 saturated heterocycles. The fraction of sp³-hybridized carbons (Fsp3) is 0.300. The predicted molar refractivity (Wildman–Crippen MR) is 108 cm³/mol. The minimum Gasteiger partial charge on any atom is -0.459 e. The number of anilines is 1. The van der Waals surface area contributed by atoms with E-state index in [4.69, 9.17) is 4.74 Å². The molecule has 0 N–H and O–H groups in total. The van der Waals surface area contributed by atoms with E-state index in [9.17, 15) is 9.18 Å². The molecular weight excluding hydrogens is 383 g/mol. The number of carbonyl (C=O) groups excluding carboxylic acids is 1. The Morgan fingerprint density at radius 3 is 2.89 bits per heavy atom. The minimum absolute atomic E-state index is 0.0805. The number of benzene rings is 2. The van der Waals surface area contributed by atoms with Crippen molar-refractivity contribution in [2.75, 3.05) is 23.7 Å². The lowest BCUT2D eigenvalue weighted by molar-refractivity contribution is -0.150. The minimum atomic E-state index is -0.251. The van der Waals surface area contributed by atoms with Crippen LogP contribution in [0.5, 0.6) is 0 Å². The van der Waals surface area contributed by atoms with Gasteiger partial charge in [0.05, 0.1) is 23.3 Å². The van der Waals surface area contributed by atoms with Crippen LogP contribution < -0.4 is 4.90 Å². The number of carbonyl (C=O) groups is 1. The zero-order valence-electron chi connectivity index (χ0n) is 14.6. The number of aromatic nitrogens is 1. The van der Waals surface area contributed by atoms with Gasteiger partial charge in [-0.3, -0.25) is 4.79 Å². The van der Waals surface area contributed by atoms with Crippen LogP contribution in [0, 0.1) is 5.82 Å². The molecule has 0 aliphatic carbocycles. The van der Waals surface area contributed by atoms with Crippen molar-refractivity contribution in [2.45, 2.75) is 23.8 Å². The molecule has 4 rings (SSSR count). The maximum atomic E-state index is 13.3. The summed E-state index contributed by atoms with van der Waals surface area (Å²) in [5.74, 6) is 0.510. The van der Waals surface area contributed by atoms with E-state index in [0.717, 1.165) is 27.5 Å². The summed E-state index contributed by atoms with van der Waals surface area (Å²) >= 11 is 3.21. The van der Waals surface area contributed by atoms with E-state index in [0.29, 0.717) is 19.5 Å². The van der Waals surface area contributed by atoms with Crippen LogP contribution in [0.3, 0.4) is 0 Å². The van der Waals surface area contributed by atoms with Gasteiger partial charge in [0.1, 0.15) is 11.9 Å². The molecule has 0 atom stereocenters. The Labute approximate surface area is 165 Å².